The van der Waals surface area contributed by atoms with Gasteiger partial charge in [-0.3, -0.25) is 5.41 Å². The molecular formula is C13H17ClN4O. The Morgan fingerprint density at radius 3 is 2.37 bits per heavy atom. The van der Waals surface area contributed by atoms with Crippen molar-refractivity contribution in [3.8, 4) is 5.75 Å². The van der Waals surface area contributed by atoms with Gasteiger partial charge < -0.3 is 10.8 Å². The van der Waals surface area contributed by atoms with Crippen molar-refractivity contribution in [1.82, 2.24) is 9.78 Å². The van der Waals surface area contributed by atoms with Crippen LogP contribution in [0.15, 0.2) is 24.3 Å². The number of hydrogen-bond donors (Lipinski definition) is 3. The van der Waals surface area contributed by atoms with Crippen LogP contribution in [0.3, 0.4) is 0 Å². The molecule has 19 heavy (non-hydrogen) atoms. The van der Waals surface area contributed by atoms with Crippen molar-refractivity contribution in [2.75, 3.05) is 0 Å². The highest BCUT2D eigenvalue weighted by Gasteiger charge is 2.13. The van der Waals surface area contributed by atoms with Gasteiger partial charge in [0.2, 0.25) is 5.96 Å². The summed E-state index contributed by atoms with van der Waals surface area (Å²) in [6.07, 6.45) is 0.714. The molecule has 5 nitrogen and oxygen atoms in total. The molecule has 2 rings (SSSR count). The van der Waals surface area contributed by atoms with Crippen LogP contribution in [0.1, 0.15) is 22.5 Å². The predicted octanol–water partition coefficient (Wildman–Crippen LogP) is 1.96. The standard InChI is InChI=1S/C13H16N4O.ClH/c1-8-12(9(2)17(16-8)13(14)15)7-10-3-5-11(18)6-4-10;/h3-6,18H,7H2,1-2H3,(H3,14,15);1H. The Labute approximate surface area is 118 Å². The first-order valence-corrected chi connectivity index (χ1v) is 5.66. The molecule has 1 heterocycles. The normalized spacial score (nSPS) is 10.0. The van der Waals surface area contributed by atoms with E-state index in [0.717, 1.165) is 22.5 Å². The molecule has 0 amide bonds. The number of rotatable bonds is 2. The number of halogens is 1. The van der Waals surface area contributed by atoms with E-state index in [1.807, 2.05) is 26.0 Å². The van der Waals surface area contributed by atoms with Crippen LogP contribution in [-0.4, -0.2) is 20.8 Å². The fraction of sp³-hybridized carbons (Fsp3) is 0.231. The molecular weight excluding hydrogens is 264 g/mol. The number of nitrogens with one attached hydrogen (secondary N) is 1. The Kier molecular flexibility index (Phi) is 4.56. The van der Waals surface area contributed by atoms with Gasteiger partial charge in [0.25, 0.3) is 0 Å². The minimum atomic E-state index is -0.0763. The van der Waals surface area contributed by atoms with Crippen molar-refractivity contribution in [3.63, 3.8) is 0 Å². The van der Waals surface area contributed by atoms with Gasteiger partial charge in [-0.15, -0.1) is 12.4 Å². The maximum atomic E-state index is 9.25. The molecule has 0 bridgehead atoms. The summed E-state index contributed by atoms with van der Waals surface area (Å²) in [6, 6.07) is 7.07. The van der Waals surface area contributed by atoms with Crippen LogP contribution in [0.2, 0.25) is 0 Å². The SMILES string of the molecule is Cc1nn(C(=N)N)c(C)c1Cc1ccc(O)cc1.Cl. The van der Waals surface area contributed by atoms with Crippen LogP contribution >= 0.6 is 12.4 Å². The fourth-order valence-electron chi connectivity index (χ4n) is 1.98. The molecule has 2 aromatic rings. The second kappa shape index (κ2) is 5.75. The molecule has 0 aliphatic rings. The molecule has 0 spiro atoms. The molecule has 0 saturated heterocycles. The third-order valence-corrected chi connectivity index (χ3v) is 2.99. The molecule has 4 N–H and O–H groups in total. The Hall–Kier alpha value is -2.01. The van der Waals surface area contributed by atoms with Crippen molar-refractivity contribution in [1.29, 1.82) is 5.41 Å². The lowest BCUT2D eigenvalue weighted by molar-refractivity contribution is 0.475. The van der Waals surface area contributed by atoms with Gasteiger partial charge in [-0.05, 0) is 31.5 Å². The third-order valence-electron chi connectivity index (χ3n) is 2.99. The molecule has 0 saturated carbocycles. The van der Waals surface area contributed by atoms with E-state index in [1.165, 1.54) is 4.68 Å². The van der Waals surface area contributed by atoms with Crippen molar-refractivity contribution < 1.29 is 5.11 Å². The molecule has 0 aliphatic carbocycles. The zero-order valence-electron chi connectivity index (χ0n) is 10.8. The predicted molar refractivity (Wildman–Crippen MR) is 77.2 cm³/mol. The second-order valence-corrected chi connectivity index (χ2v) is 4.29. The number of nitrogen functional groups attached to an aromatic ring is 1. The smallest absolute Gasteiger partial charge is 0.213 e. The highest BCUT2D eigenvalue weighted by Crippen LogP contribution is 2.19. The van der Waals surface area contributed by atoms with Crippen molar-refractivity contribution in [2.24, 2.45) is 5.73 Å². The summed E-state index contributed by atoms with van der Waals surface area (Å²) >= 11 is 0. The number of hydrogen-bond acceptors (Lipinski definition) is 3. The summed E-state index contributed by atoms with van der Waals surface area (Å²) in [5, 5.41) is 20.9. The summed E-state index contributed by atoms with van der Waals surface area (Å²) in [6.45, 7) is 3.80. The van der Waals surface area contributed by atoms with Crippen molar-refractivity contribution >= 4 is 18.4 Å². The molecule has 1 aromatic carbocycles. The van der Waals surface area contributed by atoms with E-state index in [9.17, 15) is 5.11 Å². The zero-order chi connectivity index (χ0) is 13.3. The summed E-state index contributed by atoms with van der Waals surface area (Å²) in [5.41, 5.74) is 9.37. The number of aromatic nitrogens is 2. The number of benzene rings is 1. The highest BCUT2D eigenvalue weighted by atomic mass is 35.5. The van der Waals surface area contributed by atoms with E-state index < -0.39 is 0 Å². The van der Waals surface area contributed by atoms with Crippen LogP contribution in [-0.2, 0) is 6.42 Å². The van der Waals surface area contributed by atoms with Gasteiger partial charge in [0.15, 0.2) is 0 Å². The highest BCUT2D eigenvalue weighted by molar-refractivity contribution is 5.85. The average molecular weight is 281 g/mol. The number of aryl methyl sites for hydroxylation is 1. The fourth-order valence-corrected chi connectivity index (χ4v) is 1.98. The lowest BCUT2D eigenvalue weighted by atomic mass is 10.0. The van der Waals surface area contributed by atoms with Crippen molar-refractivity contribution in [3.05, 3.63) is 46.8 Å². The maximum absolute atomic E-state index is 9.25. The lowest BCUT2D eigenvalue weighted by Crippen LogP contribution is -2.23. The molecule has 1 aromatic heterocycles. The van der Waals surface area contributed by atoms with Crippen molar-refractivity contribution in [2.45, 2.75) is 20.3 Å². The third kappa shape index (κ3) is 3.06. The van der Waals surface area contributed by atoms with Crippen LogP contribution in [0.4, 0.5) is 0 Å². The van der Waals surface area contributed by atoms with Gasteiger partial charge in [0.05, 0.1) is 5.69 Å². The number of phenolic OH excluding ortho intramolecular Hbond substituents is 1. The largest absolute Gasteiger partial charge is 0.508 e. The molecule has 0 atom stereocenters. The zero-order valence-corrected chi connectivity index (χ0v) is 11.7. The number of phenols is 1. The monoisotopic (exact) mass is 280 g/mol. The summed E-state index contributed by atoms with van der Waals surface area (Å²) < 4.78 is 1.44. The first kappa shape index (κ1) is 15.0. The molecule has 0 fully saturated rings. The van der Waals surface area contributed by atoms with Crippen LogP contribution in [0.25, 0.3) is 0 Å². The van der Waals surface area contributed by atoms with E-state index >= 15 is 0 Å². The van der Waals surface area contributed by atoms with E-state index in [0.29, 0.717) is 6.42 Å². The number of aromatic hydroxyl groups is 1. The Morgan fingerprint density at radius 1 is 1.32 bits per heavy atom. The number of nitrogens with zero attached hydrogens (tertiary/aromatic N) is 2. The Balaban J connectivity index is 0.00000180. The van der Waals surface area contributed by atoms with Crippen LogP contribution < -0.4 is 5.73 Å². The van der Waals surface area contributed by atoms with E-state index in [-0.39, 0.29) is 24.1 Å². The van der Waals surface area contributed by atoms with Gasteiger partial charge in [-0.1, -0.05) is 12.1 Å². The first-order chi connectivity index (χ1) is 8.49. The van der Waals surface area contributed by atoms with E-state index in [1.54, 1.807) is 12.1 Å². The quantitative estimate of drug-likeness (QED) is 0.580. The maximum Gasteiger partial charge on any atom is 0.213 e. The minimum absolute atomic E-state index is 0. The van der Waals surface area contributed by atoms with Gasteiger partial charge in [-0.2, -0.15) is 5.10 Å². The first-order valence-electron chi connectivity index (χ1n) is 5.66. The molecule has 0 unspecified atom stereocenters. The van der Waals surface area contributed by atoms with Gasteiger partial charge in [-0.25, -0.2) is 4.68 Å². The Bertz CT molecular complexity index is 589. The molecule has 0 aliphatic heterocycles. The summed E-state index contributed by atoms with van der Waals surface area (Å²) in [5.74, 6) is 0.180. The molecule has 0 radical (unpaired) electrons. The van der Waals surface area contributed by atoms with Gasteiger partial charge in [0.1, 0.15) is 5.75 Å². The average Bonchev–Trinajstić information content (AvgIpc) is 2.60. The summed E-state index contributed by atoms with van der Waals surface area (Å²) in [4.78, 5) is 0. The van der Waals surface area contributed by atoms with Crippen LogP contribution in [0, 0.1) is 19.3 Å². The van der Waals surface area contributed by atoms with Gasteiger partial charge >= 0.3 is 0 Å². The van der Waals surface area contributed by atoms with Crippen LogP contribution in [0.5, 0.6) is 5.75 Å². The summed E-state index contributed by atoms with van der Waals surface area (Å²) in [7, 11) is 0. The topological polar surface area (TPSA) is 87.9 Å². The molecule has 102 valence electrons. The minimum Gasteiger partial charge on any atom is -0.508 e. The van der Waals surface area contributed by atoms with E-state index in [4.69, 9.17) is 11.1 Å². The second-order valence-electron chi connectivity index (χ2n) is 4.29. The number of nitrogens with two attached hydrogens (primary N) is 1. The lowest BCUT2D eigenvalue weighted by Gasteiger charge is -2.04. The molecule has 6 heteroatoms. The Morgan fingerprint density at radius 2 is 1.89 bits per heavy atom. The van der Waals surface area contributed by atoms with E-state index in [2.05, 4.69) is 5.10 Å². The van der Waals surface area contributed by atoms with Gasteiger partial charge in [0, 0.05) is 17.7 Å².